The normalized spacial score (nSPS) is 10.8. The van der Waals surface area contributed by atoms with Crippen LogP contribution < -0.4 is 5.32 Å². The zero-order valence-electron chi connectivity index (χ0n) is 8.91. The Bertz CT molecular complexity index is 410. The molecule has 16 heavy (non-hydrogen) atoms. The van der Waals surface area contributed by atoms with E-state index in [1.54, 1.807) is 6.07 Å². The molecule has 0 aliphatic rings. The third-order valence-corrected chi connectivity index (χ3v) is 3.42. The number of halogens is 1. The summed E-state index contributed by atoms with van der Waals surface area (Å²) < 4.78 is 5.24. The van der Waals surface area contributed by atoms with Gasteiger partial charge in [0.15, 0.2) is 5.22 Å². The fourth-order valence-electron chi connectivity index (χ4n) is 1.50. The van der Waals surface area contributed by atoms with Crippen molar-refractivity contribution in [2.75, 3.05) is 6.54 Å². The highest BCUT2D eigenvalue weighted by Gasteiger charge is 1.98. The van der Waals surface area contributed by atoms with Crippen LogP contribution in [-0.4, -0.2) is 6.54 Å². The van der Waals surface area contributed by atoms with Crippen molar-refractivity contribution in [3.8, 4) is 0 Å². The van der Waals surface area contributed by atoms with Crippen LogP contribution in [0.5, 0.6) is 0 Å². The molecule has 2 aromatic heterocycles. The lowest BCUT2D eigenvalue weighted by atomic mass is 10.2. The summed E-state index contributed by atoms with van der Waals surface area (Å²) in [6.45, 7) is 1.74. The van der Waals surface area contributed by atoms with Crippen LogP contribution in [-0.2, 0) is 13.0 Å². The van der Waals surface area contributed by atoms with Crippen LogP contribution in [0, 0.1) is 0 Å². The zero-order chi connectivity index (χ0) is 11.2. The van der Waals surface area contributed by atoms with E-state index >= 15 is 0 Å². The summed E-state index contributed by atoms with van der Waals surface area (Å²) in [5, 5.41) is 5.90. The molecule has 0 atom stereocenters. The number of furan rings is 1. The SMILES string of the molecule is Clc1ccc(CNCCCc2cccs2)o1. The predicted molar refractivity (Wildman–Crippen MR) is 68.1 cm³/mol. The van der Waals surface area contributed by atoms with Crippen molar-refractivity contribution >= 4 is 22.9 Å². The summed E-state index contributed by atoms with van der Waals surface area (Å²) in [6, 6.07) is 7.94. The van der Waals surface area contributed by atoms with Gasteiger partial charge in [-0.15, -0.1) is 11.3 Å². The van der Waals surface area contributed by atoms with Gasteiger partial charge in [-0.25, -0.2) is 0 Å². The molecule has 0 radical (unpaired) electrons. The van der Waals surface area contributed by atoms with Crippen molar-refractivity contribution in [3.05, 3.63) is 45.5 Å². The van der Waals surface area contributed by atoms with E-state index in [0.717, 1.165) is 31.7 Å². The Morgan fingerprint density at radius 1 is 1.31 bits per heavy atom. The molecular formula is C12H14ClNOS. The number of hydrogen-bond acceptors (Lipinski definition) is 3. The zero-order valence-corrected chi connectivity index (χ0v) is 10.5. The highest BCUT2D eigenvalue weighted by molar-refractivity contribution is 7.09. The second kappa shape index (κ2) is 6.09. The molecule has 2 rings (SSSR count). The molecule has 0 aliphatic carbocycles. The summed E-state index contributed by atoms with van der Waals surface area (Å²) in [5.41, 5.74) is 0. The monoisotopic (exact) mass is 255 g/mol. The van der Waals surface area contributed by atoms with E-state index in [0.29, 0.717) is 5.22 Å². The van der Waals surface area contributed by atoms with E-state index in [-0.39, 0.29) is 0 Å². The van der Waals surface area contributed by atoms with E-state index < -0.39 is 0 Å². The molecule has 86 valence electrons. The lowest BCUT2D eigenvalue weighted by molar-refractivity contribution is 0.483. The molecule has 0 aromatic carbocycles. The van der Waals surface area contributed by atoms with Gasteiger partial charge in [-0.2, -0.15) is 0 Å². The maximum absolute atomic E-state index is 5.67. The van der Waals surface area contributed by atoms with Gasteiger partial charge in [0.25, 0.3) is 0 Å². The number of nitrogens with one attached hydrogen (secondary N) is 1. The molecule has 0 fully saturated rings. The standard InChI is InChI=1S/C12H14ClNOS/c13-12-6-5-10(15-12)9-14-7-1-3-11-4-2-8-16-11/h2,4-6,8,14H,1,3,7,9H2. The third-order valence-electron chi connectivity index (χ3n) is 2.28. The molecule has 2 nitrogen and oxygen atoms in total. The Morgan fingerprint density at radius 3 is 2.94 bits per heavy atom. The molecule has 1 N–H and O–H groups in total. The Morgan fingerprint density at radius 2 is 2.25 bits per heavy atom. The number of rotatable bonds is 6. The first-order valence-electron chi connectivity index (χ1n) is 5.32. The minimum atomic E-state index is 0.454. The van der Waals surface area contributed by atoms with Gasteiger partial charge in [0, 0.05) is 4.88 Å². The van der Waals surface area contributed by atoms with Crippen molar-refractivity contribution in [1.29, 1.82) is 0 Å². The fraction of sp³-hybridized carbons (Fsp3) is 0.333. The minimum Gasteiger partial charge on any atom is -0.448 e. The Hall–Kier alpha value is -0.770. The Labute approximate surface area is 104 Å². The quantitative estimate of drug-likeness (QED) is 0.796. The van der Waals surface area contributed by atoms with Crippen LogP contribution in [0.4, 0.5) is 0 Å². The fourth-order valence-corrected chi connectivity index (χ4v) is 2.41. The average Bonchev–Trinajstić information content (AvgIpc) is 2.89. The van der Waals surface area contributed by atoms with Crippen LogP contribution in [0.25, 0.3) is 0 Å². The van der Waals surface area contributed by atoms with E-state index in [1.807, 2.05) is 17.4 Å². The number of hydrogen-bond donors (Lipinski definition) is 1. The van der Waals surface area contributed by atoms with Gasteiger partial charge in [-0.05, 0) is 54.6 Å². The molecular weight excluding hydrogens is 242 g/mol. The van der Waals surface area contributed by atoms with Gasteiger partial charge in [0.05, 0.1) is 6.54 Å². The molecule has 2 heterocycles. The third kappa shape index (κ3) is 3.67. The summed E-state index contributed by atoms with van der Waals surface area (Å²) in [4.78, 5) is 1.45. The smallest absolute Gasteiger partial charge is 0.193 e. The van der Waals surface area contributed by atoms with Crippen molar-refractivity contribution in [1.82, 2.24) is 5.32 Å². The molecule has 0 unspecified atom stereocenters. The molecule has 0 aliphatic heterocycles. The van der Waals surface area contributed by atoms with Crippen molar-refractivity contribution in [2.24, 2.45) is 0 Å². The average molecular weight is 256 g/mol. The van der Waals surface area contributed by atoms with Crippen LogP contribution >= 0.6 is 22.9 Å². The van der Waals surface area contributed by atoms with Gasteiger partial charge < -0.3 is 9.73 Å². The maximum Gasteiger partial charge on any atom is 0.193 e. The van der Waals surface area contributed by atoms with E-state index in [1.165, 1.54) is 4.88 Å². The van der Waals surface area contributed by atoms with Gasteiger partial charge in [-0.1, -0.05) is 6.07 Å². The van der Waals surface area contributed by atoms with Gasteiger partial charge in [0.2, 0.25) is 0 Å². The molecule has 0 spiro atoms. The van der Waals surface area contributed by atoms with E-state index in [2.05, 4.69) is 22.8 Å². The molecule has 0 saturated carbocycles. The van der Waals surface area contributed by atoms with E-state index in [4.69, 9.17) is 16.0 Å². The molecule has 0 saturated heterocycles. The van der Waals surface area contributed by atoms with Gasteiger partial charge >= 0.3 is 0 Å². The van der Waals surface area contributed by atoms with Crippen molar-refractivity contribution in [3.63, 3.8) is 0 Å². The number of thiophene rings is 1. The summed E-state index contributed by atoms with van der Waals surface area (Å²) in [5.74, 6) is 0.890. The van der Waals surface area contributed by atoms with Gasteiger partial charge in [0.1, 0.15) is 5.76 Å². The summed E-state index contributed by atoms with van der Waals surface area (Å²) >= 11 is 7.49. The predicted octanol–water partition coefficient (Wildman–Crippen LogP) is 3.72. The second-order valence-electron chi connectivity index (χ2n) is 3.57. The molecule has 2 aromatic rings. The second-order valence-corrected chi connectivity index (χ2v) is 4.97. The molecule has 4 heteroatoms. The largest absolute Gasteiger partial charge is 0.448 e. The lowest BCUT2D eigenvalue weighted by Gasteiger charge is -2.01. The first-order chi connectivity index (χ1) is 7.84. The highest BCUT2D eigenvalue weighted by Crippen LogP contribution is 2.13. The van der Waals surface area contributed by atoms with E-state index in [9.17, 15) is 0 Å². The van der Waals surface area contributed by atoms with Gasteiger partial charge in [-0.3, -0.25) is 0 Å². The summed E-state index contributed by atoms with van der Waals surface area (Å²) in [7, 11) is 0. The maximum atomic E-state index is 5.67. The molecule has 0 bridgehead atoms. The Kier molecular flexibility index (Phi) is 4.45. The lowest BCUT2D eigenvalue weighted by Crippen LogP contribution is -2.14. The first kappa shape index (κ1) is 11.7. The summed E-state index contributed by atoms with van der Waals surface area (Å²) in [6.07, 6.45) is 2.29. The number of aryl methyl sites for hydroxylation is 1. The minimum absolute atomic E-state index is 0.454. The first-order valence-corrected chi connectivity index (χ1v) is 6.57. The van der Waals surface area contributed by atoms with Crippen molar-refractivity contribution < 1.29 is 4.42 Å². The van der Waals surface area contributed by atoms with Crippen LogP contribution in [0.2, 0.25) is 5.22 Å². The topological polar surface area (TPSA) is 25.2 Å². The van der Waals surface area contributed by atoms with Crippen LogP contribution in [0.1, 0.15) is 17.1 Å². The van der Waals surface area contributed by atoms with Crippen LogP contribution in [0.15, 0.2) is 34.1 Å². The van der Waals surface area contributed by atoms with Crippen molar-refractivity contribution in [2.45, 2.75) is 19.4 Å². The molecule has 0 amide bonds. The Balaban J connectivity index is 1.59. The van der Waals surface area contributed by atoms with Crippen LogP contribution in [0.3, 0.4) is 0 Å². The highest BCUT2D eigenvalue weighted by atomic mass is 35.5.